The Kier molecular flexibility index (Phi) is 6.45. The van der Waals surface area contributed by atoms with Gasteiger partial charge in [0.15, 0.2) is 6.61 Å². The number of nitrogens with zero attached hydrogens (tertiary/aromatic N) is 1. The Balaban J connectivity index is 0.00000196. The molecule has 0 radical (unpaired) electrons. The quantitative estimate of drug-likeness (QED) is 0.437. The Bertz CT molecular complexity index is 878. The maximum absolute atomic E-state index is 5.85. The standard InChI is InChI=1S/C21H22N2O2.ClH/c1-3-7-19-17(5-1)9-10-18-6-2-4-8-20(18)21(19)22-25-16-13-23-11-14-24-15-12-23;/h1-10H,11-16H2;1H. The molecule has 0 aromatic heterocycles. The minimum Gasteiger partial charge on any atom is -1.00 e. The van der Waals surface area contributed by atoms with Gasteiger partial charge in [0.2, 0.25) is 0 Å². The molecule has 136 valence electrons. The van der Waals surface area contributed by atoms with Gasteiger partial charge in [-0.15, -0.1) is 0 Å². The summed E-state index contributed by atoms with van der Waals surface area (Å²) in [5.41, 5.74) is 0. The van der Waals surface area contributed by atoms with E-state index in [4.69, 9.17) is 9.57 Å². The van der Waals surface area contributed by atoms with Crippen LogP contribution in [0.4, 0.5) is 0 Å². The number of hydrogen-bond acceptors (Lipinski definition) is 3. The van der Waals surface area contributed by atoms with Crippen molar-refractivity contribution < 1.29 is 27.1 Å². The minimum atomic E-state index is 0. The van der Waals surface area contributed by atoms with Crippen molar-refractivity contribution in [1.29, 1.82) is 0 Å². The molecule has 1 saturated heterocycles. The normalized spacial score (nSPS) is 14.8. The van der Waals surface area contributed by atoms with Gasteiger partial charge < -0.3 is 17.1 Å². The predicted molar refractivity (Wildman–Crippen MR) is 98.8 cm³/mol. The van der Waals surface area contributed by atoms with E-state index in [9.17, 15) is 0 Å². The second-order valence-electron chi connectivity index (χ2n) is 6.29. The summed E-state index contributed by atoms with van der Waals surface area (Å²) in [7, 11) is 0. The highest BCUT2D eigenvalue weighted by atomic mass is 35.5. The summed E-state index contributed by atoms with van der Waals surface area (Å²) >= 11 is 0. The summed E-state index contributed by atoms with van der Waals surface area (Å²) in [6.45, 7) is 5.14. The average molecular weight is 371 g/mol. The number of morpholine rings is 1. The zero-order valence-electron chi connectivity index (χ0n) is 14.7. The molecule has 0 spiro atoms. The number of benzene rings is 2. The van der Waals surface area contributed by atoms with Gasteiger partial charge in [0.05, 0.1) is 24.0 Å². The van der Waals surface area contributed by atoms with Gasteiger partial charge in [-0.05, 0) is 28.1 Å². The summed E-state index contributed by atoms with van der Waals surface area (Å²) in [5.74, 6) is 0. The molecule has 0 atom stereocenters. The molecule has 1 fully saturated rings. The van der Waals surface area contributed by atoms with Crippen LogP contribution in [0.25, 0.3) is 21.5 Å². The number of halogens is 1. The van der Waals surface area contributed by atoms with Crippen LogP contribution in [0.5, 0.6) is 0 Å². The van der Waals surface area contributed by atoms with Gasteiger partial charge >= 0.3 is 0 Å². The van der Waals surface area contributed by atoms with Crippen LogP contribution < -0.4 is 22.9 Å². The lowest BCUT2D eigenvalue weighted by Crippen LogP contribution is -3.00. The highest BCUT2D eigenvalue weighted by Crippen LogP contribution is 2.14. The Morgan fingerprint density at radius 1 is 0.846 bits per heavy atom. The molecule has 26 heavy (non-hydrogen) atoms. The average Bonchev–Trinajstić information content (AvgIpc) is 2.83. The van der Waals surface area contributed by atoms with Crippen LogP contribution in [0.2, 0.25) is 0 Å². The molecule has 4 rings (SSSR count). The molecule has 0 unspecified atom stereocenters. The van der Waals surface area contributed by atoms with Gasteiger partial charge in [0, 0.05) is 19.6 Å². The molecule has 5 heteroatoms. The van der Waals surface area contributed by atoms with Crippen molar-refractivity contribution >= 4 is 21.5 Å². The van der Waals surface area contributed by atoms with Crippen molar-refractivity contribution in [3.63, 3.8) is 0 Å². The monoisotopic (exact) mass is 370 g/mol. The minimum absolute atomic E-state index is 0. The Morgan fingerprint density at radius 3 is 2.04 bits per heavy atom. The fourth-order valence-electron chi connectivity index (χ4n) is 3.30. The highest BCUT2D eigenvalue weighted by molar-refractivity contribution is 5.92. The number of hydrogen-bond donors (Lipinski definition) is 1. The van der Waals surface area contributed by atoms with Crippen LogP contribution in [0, 0.1) is 0 Å². The van der Waals surface area contributed by atoms with Crippen molar-refractivity contribution in [2.24, 2.45) is 0 Å². The second kappa shape index (κ2) is 8.99. The van der Waals surface area contributed by atoms with E-state index < -0.39 is 0 Å². The third kappa shape index (κ3) is 4.15. The van der Waals surface area contributed by atoms with Gasteiger partial charge in [-0.2, -0.15) is 0 Å². The molecule has 0 aliphatic carbocycles. The van der Waals surface area contributed by atoms with Gasteiger partial charge in [-0.3, -0.25) is 9.74 Å². The lowest BCUT2D eigenvalue weighted by molar-refractivity contribution is -0.781. The molecule has 3 aromatic rings. The van der Waals surface area contributed by atoms with E-state index in [1.165, 1.54) is 10.8 Å². The first-order valence-electron chi connectivity index (χ1n) is 8.83. The molecule has 0 amide bonds. The Labute approximate surface area is 159 Å². The van der Waals surface area contributed by atoms with Gasteiger partial charge in [-0.25, -0.2) is 0 Å². The van der Waals surface area contributed by atoms with Gasteiger partial charge in [0.1, 0.15) is 0 Å². The first kappa shape index (κ1) is 18.6. The van der Waals surface area contributed by atoms with E-state index >= 15 is 0 Å². The third-order valence-electron chi connectivity index (χ3n) is 4.69. The van der Waals surface area contributed by atoms with Gasteiger partial charge in [0.25, 0.3) is 5.36 Å². The number of nitrogens with one attached hydrogen (secondary N) is 1. The summed E-state index contributed by atoms with van der Waals surface area (Å²) < 4.78 is 5.38. The second-order valence-corrected chi connectivity index (χ2v) is 6.29. The Morgan fingerprint density at radius 2 is 1.42 bits per heavy atom. The summed E-state index contributed by atoms with van der Waals surface area (Å²) in [6, 6.07) is 21.1. The Hall–Kier alpha value is -2.14. The fraction of sp³-hybridized carbons (Fsp3) is 0.286. The molecular formula is C21H23ClN2O2. The van der Waals surface area contributed by atoms with Crippen LogP contribution in [-0.4, -0.2) is 44.4 Å². The molecular weight excluding hydrogens is 348 g/mol. The summed E-state index contributed by atoms with van der Waals surface area (Å²) in [4.78, 5) is 8.22. The molecule has 3 aromatic carbocycles. The maximum atomic E-state index is 5.85. The van der Waals surface area contributed by atoms with E-state index in [1.807, 2.05) is 0 Å². The molecule has 0 bridgehead atoms. The predicted octanol–water partition coefficient (Wildman–Crippen LogP) is -1.76. The van der Waals surface area contributed by atoms with Crippen LogP contribution in [0.1, 0.15) is 0 Å². The van der Waals surface area contributed by atoms with Gasteiger partial charge in [-0.1, -0.05) is 48.5 Å². The van der Waals surface area contributed by atoms with Crippen molar-refractivity contribution in [2.45, 2.75) is 0 Å². The highest BCUT2D eigenvalue weighted by Gasteiger charge is 2.10. The van der Waals surface area contributed by atoms with Crippen molar-refractivity contribution in [3.05, 3.63) is 66.0 Å². The van der Waals surface area contributed by atoms with Crippen LogP contribution in [0.15, 0.2) is 60.7 Å². The smallest absolute Gasteiger partial charge is 0.263 e. The van der Waals surface area contributed by atoms with Crippen molar-refractivity contribution in [3.8, 4) is 0 Å². The SMILES string of the molecule is [Cl-].c1ccc2c(=[NH+]OCCN3CCOCC3)c3ccccc3ccc2c1. The first-order chi connectivity index (χ1) is 12.4. The molecule has 1 heterocycles. The molecule has 4 nitrogen and oxygen atoms in total. The first-order valence-corrected chi connectivity index (χ1v) is 8.83. The zero-order valence-corrected chi connectivity index (χ0v) is 15.4. The molecule has 1 N–H and O–H groups in total. The molecule has 1 aliphatic heterocycles. The van der Waals surface area contributed by atoms with E-state index in [-0.39, 0.29) is 12.4 Å². The maximum Gasteiger partial charge on any atom is 0.263 e. The summed E-state index contributed by atoms with van der Waals surface area (Å²) in [6.07, 6.45) is 0. The van der Waals surface area contributed by atoms with Crippen LogP contribution >= 0.6 is 0 Å². The van der Waals surface area contributed by atoms with Crippen LogP contribution in [-0.2, 0) is 9.57 Å². The summed E-state index contributed by atoms with van der Waals surface area (Å²) in [5, 5.41) is 8.97. The molecule has 0 saturated carbocycles. The van der Waals surface area contributed by atoms with Crippen molar-refractivity contribution in [1.82, 2.24) is 4.90 Å². The van der Waals surface area contributed by atoms with Crippen molar-refractivity contribution in [2.75, 3.05) is 39.5 Å². The third-order valence-corrected chi connectivity index (χ3v) is 4.69. The topological polar surface area (TPSA) is 35.7 Å². The van der Waals surface area contributed by atoms with E-state index in [2.05, 4.69) is 70.7 Å². The van der Waals surface area contributed by atoms with E-state index in [0.717, 1.165) is 49.0 Å². The lowest BCUT2D eigenvalue weighted by atomic mass is 10.1. The fourth-order valence-corrected chi connectivity index (χ4v) is 3.30. The molecule has 1 aliphatic rings. The number of rotatable bonds is 4. The number of fused-ring (bicyclic) bond motifs is 2. The largest absolute Gasteiger partial charge is 1.00 e. The number of ether oxygens (including phenoxy) is 1. The zero-order chi connectivity index (χ0) is 16.9. The van der Waals surface area contributed by atoms with E-state index in [1.54, 1.807) is 0 Å². The van der Waals surface area contributed by atoms with Crippen LogP contribution in [0.3, 0.4) is 0 Å². The van der Waals surface area contributed by atoms with E-state index in [0.29, 0.717) is 6.61 Å². The lowest BCUT2D eigenvalue weighted by Gasteiger charge is -2.25.